The molecule has 2 unspecified atom stereocenters. The Bertz CT molecular complexity index is 2320. The zero-order valence-electron chi connectivity index (χ0n) is 33.0. The minimum absolute atomic E-state index is 0.0633. The highest BCUT2D eigenvalue weighted by atomic mass is 19.1. The van der Waals surface area contributed by atoms with E-state index in [-0.39, 0.29) is 36.6 Å². The molecule has 5 amide bonds. The maximum atomic E-state index is 15.5. The van der Waals surface area contributed by atoms with Crippen LogP contribution in [0.4, 0.5) is 10.1 Å². The number of anilines is 1. The molecule has 16 nitrogen and oxygen atoms in total. The Hall–Kier alpha value is -6.12. The number of pyridine rings is 2. The topological polar surface area (TPSA) is 211 Å². The van der Waals surface area contributed by atoms with Crippen molar-refractivity contribution in [1.29, 1.82) is 5.26 Å². The maximum absolute atomic E-state index is 15.5. The van der Waals surface area contributed by atoms with Gasteiger partial charge >= 0.3 is 0 Å². The van der Waals surface area contributed by atoms with E-state index in [0.717, 1.165) is 30.6 Å². The van der Waals surface area contributed by atoms with E-state index in [1.807, 2.05) is 0 Å². The molecule has 3 aliphatic rings. The summed E-state index contributed by atoms with van der Waals surface area (Å²) < 4.78 is 28.7. The van der Waals surface area contributed by atoms with Gasteiger partial charge in [0.25, 0.3) is 17.7 Å². The van der Waals surface area contributed by atoms with Crippen molar-refractivity contribution in [3.63, 3.8) is 0 Å². The molecule has 1 saturated carbocycles. The highest BCUT2D eigenvalue weighted by Gasteiger charge is 2.45. The van der Waals surface area contributed by atoms with E-state index in [1.165, 1.54) is 17.1 Å². The number of amides is 5. The summed E-state index contributed by atoms with van der Waals surface area (Å²) >= 11 is 0. The minimum Gasteiger partial charge on any atom is -0.382 e. The molecule has 4 aromatic rings. The number of alkyl halides is 1. The highest BCUT2D eigenvalue weighted by Crippen LogP contribution is 2.31. The summed E-state index contributed by atoms with van der Waals surface area (Å²) in [6.07, 6.45) is 8.50. The fourth-order valence-corrected chi connectivity index (χ4v) is 7.15. The summed E-state index contributed by atoms with van der Waals surface area (Å²) in [5.41, 5.74) is 1.89. The largest absolute Gasteiger partial charge is 0.382 e. The Balaban J connectivity index is 0.806. The van der Waals surface area contributed by atoms with Gasteiger partial charge in [0.15, 0.2) is 11.5 Å². The number of nitrogens with zero attached hydrogens (tertiary/aromatic N) is 6. The van der Waals surface area contributed by atoms with E-state index in [1.54, 1.807) is 50.4 Å². The lowest BCUT2D eigenvalue weighted by molar-refractivity contribution is -0.136. The van der Waals surface area contributed by atoms with Gasteiger partial charge < -0.3 is 20.1 Å². The molecule has 1 aromatic carbocycles. The number of benzene rings is 1. The number of nitrogens with one attached hydrogen (secondary N) is 3. The molecule has 17 heteroatoms. The number of fused-ring (bicyclic) bond motifs is 2. The molecule has 2 aliphatic heterocycles. The molecule has 5 heterocycles. The lowest BCUT2D eigenvalue weighted by Crippen LogP contribution is -2.54. The molecule has 2 fully saturated rings. The van der Waals surface area contributed by atoms with Crippen LogP contribution in [0.3, 0.4) is 0 Å². The van der Waals surface area contributed by atoms with Crippen LogP contribution in [-0.4, -0.2) is 104 Å². The minimum atomic E-state index is -1.48. The summed E-state index contributed by atoms with van der Waals surface area (Å²) in [6.45, 7) is 4.35. The van der Waals surface area contributed by atoms with Gasteiger partial charge in [0.05, 0.1) is 46.3 Å². The fraction of sp³-hybridized carbons (Fsp3) is 0.452. The molecule has 59 heavy (non-hydrogen) atoms. The van der Waals surface area contributed by atoms with Crippen molar-refractivity contribution in [2.24, 2.45) is 0 Å². The van der Waals surface area contributed by atoms with Crippen molar-refractivity contribution in [2.45, 2.75) is 95.5 Å². The van der Waals surface area contributed by atoms with Crippen LogP contribution in [0.15, 0.2) is 48.9 Å². The van der Waals surface area contributed by atoms with Crippen LogP contribution in [0.1, 0.15) is 107 Å². The Kier molecular flexibility index (Phi) is 12.4. The first kappa shape index (κ1) is 41.1. The number of nitriles is 1. The molecule has 1 aliphatic carbocycles. The van der Waals surface area contributed by atoms with E-state index in [9.17, 15) is 29.2 Å². The van der Waals surface area contributed by atoms with Crippen molar-refractivity contribution in [3.8, 4) is 11.9 Å². The lowest BCUT2D eigenvalue weighted by Gasteiger charge is -2.29. The molecule has 7 rings (SSSR count). The Morgan fingerprint density at radius 3 is 2.59 bits per heavy atom. The normalized spacial score (nSPS) is 17.2. The number of rotatable bonds is 19. The average Bonchev–Trinajstić information content (AvgIpc) is 3.88. The molecule has 308 valence electrons. The van der Waals surface area contributed by atoms with Gasteiger partial charge in [0, 0.05) is 56.1 Å². The SMILES string of the molecule is CC(C)(OCCCCCOCCCc1cccc2c1C(=O)N(C1CCC(=O)NC1=O)C2=O)C(F)CNC(=O)c1cnc(-n2ncc3cc(C#N)cnc32)cc1NC1CC1. The van der Waals surface area contributed by atoms with Crippen molar-refractivity contribution < 1.29 is 37.8 Å². The van der Waals surface area contributed by atoms with Gasteiger partial charge in [-0.2, -0.15) is 15.0 Å². The van der Waals surface area contributed by atoms with Crippen LogP contribution in [0.2, 0.25) is 0 Å². The number of aryl methyl sites for hydroxylation is 1. The monoisotopic (exact) mass is 807 g/mol. The molecule has 3 N–H and O–H groups in total. The third-order valence-electron chi connectivity index (χ3n) is 10.7. The van der Waals surface area contributed by atoms with E-state index in [2.05, 4.69) is 37.1 Å². The highest BCUT2D eigenvalue weighted by molar-refractivity contribution is 6.24. The molecular formula is C42H46FN9O7. The van der Waals surface area contributed by atoms with Gasteiger partial charge in [0.2, 0.25) is 11.8 Å². The maximum Gasteiger partial charge on any atom is 0.262 e. The Labute approximate surface area is 339 Å². The number of imide groups is 2. The fourth-order valence-electron chi connectivity index (χ4n) is 7.15. The number of carbonyl (C=O) groups excluding carboxylic acids is 5. The van der Waals surface area contributed by atoms with Gasteiger partial charge in [-0.05, 0) is 82.9 Å². The standard InChI is InChI=1S/C42H46FN9O7/c1-42(2,33(43)24-47-38(54)30-23-45-34(19-31(30)49-28-11-12-28)52-37-27(22-48-52)18-25(20-44)21-46-37)59-17-5-3-4-15-58-16-7-9-26-8-6-10-29-36(26)41(57)51(40(29)56)32-13-14-35(53)50-39(32)55/h6,8,10,18-19,21-23,28,32-33H,3-5,7,9,11-17,24H2,1-2H3,(H,45,49)(H,47,54)(H,50,53,55). The molecule has 2 atom stereocenters. The van der Waals surface area contributed by atoms with Crippen LogP contribution in [-0.2, 0) is 25.5 Å². The van der Waals surface area contributed by atoms with Crippen molar-refractivity contribution >= 4 is 46.3 Å². The molecule has 1 saturated heterocycles. The van der Waals surface area contributed by atoms with Crippen molar-refractivity contribution in [2.75, 3.05) is 31.7 Å². The van der Waals surface area contributed by atoms with Crippen LogP contribution < -0.4 is 16.0 Å². The quantitative estimate of drug-likeness (QED) is 0.0893. The molecule has 0 bridgehead atoms. The van der Waals surface area contributed by atoms with E-state index >= 15 is 4.39 Å². The Morgan fingerprint density at radius 1 is 1.02 bits per heavy atom. The second-order valence-corrected chi connectivity index (χ2v) is 15.5. The number of aromatic nitrogens is 4. The lowest BCUT2D eigenvalue weighted by atomic mass is 9.99. The number of hydrogen-bond acceptors (Lipinski definition) is 12. The second kappa shape index (κ2) is 17.8. The number of hydrogen-bond donors (Lipinski definition) is 3. The van der Waals surface area contributed by atoms with Crippen LogP contribution >= 0.6 is 0 Å². The number of ether oxygens (including phenoxy) is 2. The average molecular weight is 808 g/mol. The van der Waals surface area contributed by atoms with Crippen LogP contribution in [0, 0.1) is 11.3 Å². The second-order valence-electron chi connectivity index (χ2n) is 15.5. The van der Waals surface area contributed by atoms with Gasteiger partial charge in [-0.15, -0.1) is 0 Å². The zero-order chi connectivity index (χ0) is 41.7. The van der Waals surface area contributed by atoms with E-state index in [4.69, 9.17) is 9.47 Å². The summed E-state index contributed by atoms with van der Waals surface area (Å²) in [5.74, 6) is -2.13. The van der Waals surface area contributed by atoms with Gasteiger partial charge in [-0.25, -0.2) is 14.4 Å². The van der Waals surface area contributed by atoms with E-state index < -0.39 is 47.4 Å². The first-order chi connectivity index (χ1) is 28.4. The smallest absolute Gasteiger partial charge is 0.262 e. The summed E-state index contributed by atoms with van der Waals surface area (Å²) in [4.78, 5) is 73.4. The third kappa shape index (κ3) is 9.29. The predicted octanol–water partition coefficient (Wildman–Crippen LogP) is 4.35. The van der Waals surface area contributed by atoms with Gasteiger partial charge in [0.1, 0.15) is 18.3 Å². The summed E-state index contributed by atoms with van der Waals surface area (Å²) in [7, 11) is 0. The van der Waals surface area contributed by atoms with Crippen molar-refractivity contribution in [3.05, 3.63) is 76.7 Å². The first-order valence-corrected chi connectivity index (χ1v) is 19.9. The molecule has 0 radical (unpaired) electrons. The Morgan fingerprint density at radius 2 is 1.81 bits per heavy atom. The summed E-state index contributed by atoms with van der Waals surface area (Å²) in [5, 5.41) is 22.5. The van der Waals surface area contributed by atoms with Crippen LogP contribution in [0.25, 0.3) is 16.9 Å². The van der Waals surface area contributed by atoms with Gasteiger partial charge in [-0.1, -0.05) is 12.1 Å². The zero-order valence-corrected chi connectivity index (χ0v) is 33.0. The first-order valence-electron chi connectivity index (χ1n) is 19.9. The molecule has 0 spiro atoms. The summed E-state index contributed by atoms with van der Waals surface area (Å²) in [6, 6.07) is 9.79. The van der Waals surface area contributed by atoms with Gasteiger partial charge in [-0.3, -0.25) is 34.2 Å². The predicted molar refractivity (Wildman–Crippen MR) is 211 cm³/mol. The van der Waals surface area contributed by atoms with Crippen molar-refractivity contribution in [1.82, 2.24) is 35.3 Å². The number of halogens is 1. The number of carbonyl (C=O) groups is 5. The molecular weight excluding hydrogens is 762 g/mol. The number of piperidine rings is 1. The van der Waals surface area contributed by atoms with Crippen LogP contribution in [0.5, 0.6) is 0 Å². The van der Waals surface area contributed by atoms with E-state index in [0.29, 0.717) is 78.3 Å². The molecule has 3 aromatic heterocycles. The number of unbranched alkanes of at least 4 members (excludes halogenated alkanes) is 2. The third-order valence-corrected chi connectivity index (χ3v) is 10.7.